The molecule has 1 amide bonds. The van der Waals surface area contributed by atoms with E-state index in [0.717, 1.165) is 31.6 Å². The molecule has 2 heterocycles. The monoisotopic (exact) mass is 364 g/mol. The third kappa shape index (κ3) is 5.86. The molecule has 0 unspecified atom stereocenters. The van der Waals surface area contributed by atoms with Gasteiger partial charge in [0.25, 0.3) is 0 Å². The van der Waals surface area contributed by atoms with Crippen LogP contribution in [0.25, 0.3) is 0 Å². The number of piperidine rings is 1. The SMILES string of the molecule is COC(=O)c1cc(C)nc(N2CCC(CNC(=O)OC(C)(C)C)CC2)n1. The average Bonchev–Trinajstić information content (AvgIpc) is 2.57. The summed E-state index contributed by atoms with van der Waals surface area (Å²) in [6.45, 7) is 9.48. The lowest BCUT2D eigenvalue weighted by atomic mass is 9.97. The molecule has 8 nitrogen and oxygen atoms in total. The molecule has 0 aromatic carbocycles. The van der Waals surface area contributed by atoms with Gasteiger partial charge in [0.1, 0.15) is 5.60 Å². The number of hydrogen-bond acceptors (Lipinski definition) is 7. The number of aromatic nitrogens is 2. The van der Waals surface area contributed by atoms with E-state index in [2.05, 4.69) is 20.2 Å². The highest BCUT2D eigenvalue weighted by atomic mass is 16.6. The Kier molecular flexibility index (Phi) is 6.39. The van der Waals surface area contributed by atoms with Crippen molar-refractivity contribution in [3.05, 3.63) is 17.5 Å². The van der Waals surface area contributed by atoms with Crippen LogP contribution in [0.1, 0.15) is 49.8 Å². The summed E-state index contributed by atoms with van der Waals surface area (Å²) in [5.74, 6) is 0.459. The summed E-state index contributed by atoms with van der Waals surface area (Å²) >= 11 is 0. The maximum atomic E-state index is 11.7. The minimum atomic E-state index is -0.493. The van der Waals surface area contributed by atoms with E-state index in [1.54, 1.807) is 6.07 Å². The van der Waals surface area contributed by atoms with Crippen molar-refractivity contribution in [2.45, 2.75) is 46.1 Å². The molecule has 0 atom stereocenters. The fourth-order valence-electron chi connectivity index (χ4n) is 2.78. The van der Waals surface area contributed by atoms with Crippen LogP contribution in [0.5, 0.6) is 0 Å². The van der Waals surface area contributed by atoms with E-state index >= 15 is 0 Å². The number of methoxy groups -OCH3 is 1. The molecule has 1 saturated heterocycles. The number of amides is 1. The normalized spacial score (nSPS) is 15.5. The van der Waals surface area contributed by atoms with Crippen LogP contribution in [-0.4, -0.2) is 54.4 Å². The molecule has 8 heteroatoms. The lowest BCUT2D eigenvalue weighted by Gasteiger charge is -2.32. The minimum absolute atomic E-state index is 0.267. The topological polar surface area (TPSA) is 93.7 Å². The molecule has 0 saturated carbocycles. The fraction of sp³-hybridized carbons (Fsp3) is 0.667. The van der Waals surface area contributed by atoms with Crippen LogP contribution in [0.3, 0.4) is 0 Å². The molecule has 1 fully saturated rings. The van der Waals surface area contributed by atoms with Crippen molar-refractivity contribution in [3.8, 4) is 0 Å². The van der Waals surface area contributed by atoms with Crippen molar-refractivity contribution in [2.75, 3.05) is 31.6 Å². The van der Waals surface area contributed by atoms with Crippen molar-refractivity contribution in [1.29, 1.82) is 0 Å². The molecule has 0 radical (unpaired) electrons. The second-order valence-electron chi connectivity index (χ2n) is 7.50. The second kappa shape index (κ2) is 8.33. The van der Waals surface area contributed by atoms with Gasteiger partial charge in [-0.25, -0.2) is 19.6 Å². The van der Waals surface area contributed by atoms with Crippen molar-refractivity contribution in [2.24, 2.45) is 5.92 Å². The fourth-order valence-corrected chi connectivity index (χ4v) is 2.78. The maximum Gasteiger partial charge on any atom is 0.407 e. The first-order valence-electron chi connectivity index (χ1n) is 8.84. The van der Waals surface area contributed by atoms with Gasteiger partial charge in [-0.1, -0.05) is 0 Å². The van der Waals surface area contributed by atoms with E-state index < -0.39 is 11.6 Å². The molecule has 0 bridgehead atoms. The Morgan fingerprint density at radius 1 is 1.27 bits per heavy atom. The number of carbonyl (C=O) groups excluding carboxylic acids is 2. The standard InChI is InChI=1S/C18H28N4O4/c1-12-10-14(15(23)25-5)21-16(20-12)22-8-6-13(7-9-22)11-19-17(24)26-18(2,3)4/h10,13H,6-9,11H2,1-5H3,(H,19,24). The van der Waals surface area contributed by atoms with E-state index in [9.17, 15) is 9.59 Å². The van der Waals surface area contributed by atoms with Gasteiger partial charge in [0.15, 0.2) is 5.69 Å². The van der Waals surface area contributed by atoms with Gasteiger partial charge in [-0.05, 0) is 52.5 Å². The Balaban J connectivity index is 1.87. The highest BCUT2D eigenvalue weighted by Gasteiger charge is 2.24. The molecule has 1 aliphatic heterocycles. The summed E-state index contributed by atoms with van der Waals surface area (Å²) in [6, 6.07) is 1.62. The van der Waals surface area contributed by atoms with Crippen LogP contribution < -0.4 is 10.2 Å². The molecule has 2 rings (SSSR count). The number of nitrogens with zero attached hydrogens (tertiary/aromatic N) is 3. The number of aryl methyl sites for hydroxylation is 1. The molecule has 26 heavy (non-hydrogen) atoms. The summed E-state index contributed by atoms with van der Waals surface area (Å²) in [6.07, 6.45) is 1.42. The van der Waals surface area contributed by atoms with Crippen LogP contribution in [0, 0.1) is 12.8 Å². The summed E-state index contributed by atoms with van der Waals surface area (Å²) in [5.41, 5.74) is 0.501. The van der Waals surface area contributed by atoms with Gasteiger partial charge in [-0.3, -0.25) is 0 Å². The number of alkyl carbamates (subject to hydrolysis) is 1. The van der Waals surface area contributed by atoms with Crippen molar-refractivity contribution in [1.82, 2.24) is 15.3 Å². The number of anilines is 1. The molecule has 1 aliphatic rings. The van der Waals surface area contributed by atoms with Gasteiger partial charge < -0.3 is 19.7 Å². The number of ether oxygens (including phenoxy) is 2. The molecule has 0 spiro atoms. The Hall–Kier alpha value is -2.38. The lowest BCUT2D eigenvalue weighted by Crippen LogP contribution is -2.40. The molecule has 144 valence electrons. The van der Waals surface area contributed by atoms with Crippen LogP contribution in [0.2, 0.25) is 0 Å². The number of hydrogen-bond donors (Lipinski definition) is 1. The van der Waals surface area contributed by atoms with Crippen LogP contribution in [0.15, 0.2) is 6.07 Å². The van der Waals surface area contributed by atoms with E-state index in [1.165, 1.54) is 7.11 Å². The average molecular weight is 364 g/mol. The van der Waals surface area contributed by atoms with E-state index in [-0.39, 0.29) is 11.8 Å². The summed E-state index contributed by atoms with van der Waals surface area (Å²) < 4.78 is 9.99. The van der Waals surface area contributed by atoms with Crippen LogP contribution in [-0.2, 0) is 9.47 Å². The van der Waals surface area contributed by atoms with Crippen molar-refractivity contribution in [3.63, 3.8) is 0 Å². The zero-order valence-electron chi connectivity index (χ0n) is 16.2. The molecule has 0 aliphatic carbocycles. The first-order chi connectivity index (χ1) is 12.2. The van der Waals surface area contributed by atoms with Crippen molar-refractivity contribution < 1.29 is 19.1 Å². The largest absolute Gasteiger partial charge is 0.464 e. The zero-order chi connectivity index (χ0) is 19.3. The Morgan fingerprint density at radius 2 is 1.92 bits per heavy atom. The third-order valence-corrected chi connectivity index (χ3v) is 4.07. The molecule has 1 N–H and O–H groups in total. The van der Waals surface area contributed by atoms with E-state index in [1.807, 2.05) is 27.7 Å². The predicted molar refractivity (Wildman–Crippen MR) is 97.3 cm³/mol. The van der Waals surface area contributed by atoms with Gasteiger partial charge in [0, 0.05) is 25.3 Å². The van der Waals surface area contributed by atoms with E-state index in [0.29, 0.717) is 18.4 Å². The Morgan fingerprint density at radius 3 is 2.50 bits per heavy atom. The molecule has 1 aromatic heterocycles. The molecule has 1 aromatic rings. The highest BCUT2D eigenvalue weighted by Crippen LogP contribution is 2.21. The summed E-state index contributed by atoms with van der Waals surface area (Å²) in [4.78, 5) is 34.3. The first kappa shape index (κ1) is 19.9. The van der Waals surface area contributed by atoms with Crippen LogP contribution in [0.4, 0.5) is 10.7 Å². The van der Waals surface area contributed by atoms with Gasteiger partial charge in [0.05, 0.1) is 7.11 Å². The molecular weight excluding hydrogens is 336 g/mol. The third-order valence-electron chi connectivity index (χ3n) is 4.07. The first-order valence-corrected chi connectivity index (χ1v) is 8.84. The maximum absolute atomic E-state index is 11.7. The minimum Gasteiger partial charge on any atom is -0.464 e. The highest BCUT2D eigenvalue weighted by molar-refractivity contribution is 5.87. The smallest absolute Gasteiger partial charge is 0.407 e. The van der Waals surface area contributed by atoms with Gasteiger partial charge >= 0.3 is 12.1 Å². The van der Waals surface area contributed by atoms with Gasteiger partial charge in [0.2, 0.25) is 5.95 Å². The second-order valence-corrected chi connectivity index (χ2v) is 7.50. The number of carbonyl (C=O) groups is 2. The lowest BCUT2D eigenvalue weighted by molar-refractivity contribution is 0.0515. The Labute approximate surface area is 154 Å². The number of esters is 1. The summed E-state index contributed by atoms with van der Waals surface area (Å²) in [5, 5.41) is 2.83. The van der Waals surface area contributed by atoms with Gasteiger partial charge in [-0.2, -0.15) is 0 Å². The predicted octanol–water partition coefficient (Wildman–Crippen LogP) is 2.31. The Bertz CT molecular complexity index is 649. The zero-order valence-corrected chi connectivity index (χ0v) is 16.2. The number of nitrogens with one attached hydrogen (secondary N) is 1. The summed E-state index contributed by atoms with van der Waals surface area (Å²) in [7, 11) is 1.34. The van der Waals surface area contributed by atoms with E-state index in [4.69, 9.17) is 9.47 Å². The number of rotatable bonds is 4. The quantitative estimate of drug-likeness (QED) is 0.819. The van der Waals surface area contributed by atoms with Gasteiger partial charge in [-0.15, -0.1) is 0 Å². The van der Waals surface area contributed by atoms with Crippen molar-refractivity contribution >= 4 is 18.0 Å². The van der Waals surface area contributed by atoms with Crippen LogP contribution >= 0.6 is 0 Å². The molecular formula is C18H28N4O4.